The molecule has 0 saturated carbocycles. The Morgan fingerprint density at radius 3 is 2.55 bits per heavy atom. The first-order valence-corrected chi connectivity index (χ1v) is 9.56. The molecule has 176 valence electrons. The molecule has 0 spiro atoms. The second-order valence-electron chi connectivity index (χ2n) is 6.70. The Balaban J connectivity index is 0.00000480. The molecular weight excluding hydrogens is 532 g/mol. The second-order valence-corrected chi connectivity index (χ2v) is 6.70. The van der Waals surface area contributed by atoms with E-state index < -0.39 is 12.8 Å². The van der Waals surface area contributed by atoms with Crippen LogP contribution in [0.25, 0.3) is 0 Å². The van der Waals surface area contributed by atoms with Crippen LogP contribution in [-0.4, -0.2) is 62.6 Å². The molecule has 0 aliphatic carbocycles. The van der Waals surface area contributed by atoms with E-state index in [1.165, 1.54) is 13.2 Å². The number of nitrogens with one attached hydrogen (secondary N) is 1. The predicted molar refractivity (Wildman–Crippen MR) is 120 cm³/mol. The predicted octanol–water partition coefficient (Wildman–Crippen LogP) is 3.28. The number of hydrogen-bond donors (Lipinski definition) is 2. The van der Waals surface area contributed by atoms with E-state index in [9.17, 15) is 18.0 Å². The number of aliphatic imine (C=N–C) groups is 1. The number of hydrogen-bond acceptors (Lipinski definition) is 5. The summed E-state index contributed by atoms with van der Waals surface area (Å²) in [6.07, 6.45) is -3.31. The zero-order valence-corrected chi connectivity index (χ0v) is 19.7. The number of ether oxygens (including phenoxy) is 3. The summed E-state index contributed by atoms with van der Waals surface area (Å²) in [6.45, 7) is 2.07. The summed E-state index contributed by atoms with van der Waals surface area (Å²) in [6, 6.07) is 4.65. The maximum Gasteiger partial charge on any atom is 0.422 e. The minimum Gasteiger partial charge on any atom is -0.493 e. The van der Waals surface area contributed by atoms with Crippen LogP contribution in [0.2, 0.25) is 0 Å². The van der Waals surface area contributed by atoms with Crippen molar-refractivity contribution in [1.29, 1.82) is 0 Å². The topological polar surface area (TPSA) is 98.4 Å². The Morgan fingerprint density at radius 1 is 1.29 bits per heavy atom. The van der Waals surface area contributed by atoms with Crippen molar-refractivity contribution in [2.45, 2.75) is 38.5 Å². The molecule has 1 fully saturated rings. The first-order chi connectivity index (χ1) is 14.2. The molecule has 1 aliphatic rings. The van der Waals surface area contributed by atoms with E-state index in [0.717, 1.165) is 0 Å². The summed E-state index contributed by atoms with van der Waals surface area (Å²) in [7, 11) is 1.35. The second kappa shape index (κ2) is 12.7. The first-order valence-electron chi connectivity index (χ1n) is 9.56. The molecule has 0 atom stereocenters. The van der Waals surface area contributed by atoms with Crippen LogP contribution in [0.3, 0.4) is 0 Å². The fraction of sp³-hybridized carbons (Fsp3) is 0.579. The Hall–Kier alpha value is -2.12. The molecule has 1 heterocycles. The summed E-state index contributed by atoms with van der Waals surface area (Å²) in [5, 5.41) is 3.13. The van der Waals surface area contributed by atoms with Crippen molar-refractivity contribution >= 4 is 36.0 Å². The van der Waals surface area contributed by atoms with Crippen LogP contribution in [0.1, 0.15) is 25.3 Å². The van der Waals surface area contributed by atoms with Crippen LogP contribution in [0.15, 0.2) is 23.2 Å². The molecular formula is C19H28F3IN4O4. The van der Waals surface area contributed by atoms with Crippen LogP contribution in [-0.2, 0) is 11.3 Å². The fourth-order valence-corrected chi connectivity index (χ4v) is 2.94. The summed E-state index contributed by atoms with van der Waals surface area (Å²) < 4.78 is 51.8. The number of piperidine rings is 1. The van der Waals surface area contributed by atoms with E-state index in [0.29, 0.717) is 38.1 Å². The molecule has 0 aromatic heterocycles. The molecule has 12 heteroatoms. The van der Waals surface area contributed by atoms with Crippen LogP contribution in [0.5, 0.6) is 11.5 Å². The van der Waals surface area contributed by atoms with Gasteiger partial charge in [0, 0.05) is 19.1 Å². The smallest absolute Gasteiger partial charge is 0.422 e. The maximum atomic E-state index is 12.3. The number of amides is 1. The number of benzene rings is 1. The van der Waals surface area contributed by atoms with Crippen LogP contribution < -0.4 is 20.5 Å². The molecule has 1 saturated heterocycles. The first kappa shape index (κ1) is 26.9. The lowest BCUT2D eigenvalue weighted by Gasteiger charge is -2.31. The van der Waals surface area contributed by atoms with E-state index in [1.54, 1.807) is 24.0 Å². The van der Waals surface area contributed by atoms with E-state index in [2.05, 4.69) is 10.3 Å². The largest absolute Gasteiger partial charge is 0.493 e. The Bertz CT molecular complexity index is 741. The van der Waals surface area contributed by atoms with Crippen molar-refractivity contribution in [2.24, 2.45) is 10.7 Å². The SMILES string of the molecule is CCOC(=O)N1CCC(NC(N)=NCc2ccc(OCC(F)(F)F)c(OC)c2)CC1.I. The van der Waals surface area contributed by atoms with Gasteiger partial charge in [-0.05, 0) is 37.5 Å². The molecule has 0 bridgehead atoms. The van der Waals surface area contributed by atoms with Gasteiger partial charge in [-0.15, -0.1) is 24.0 Å². The number of carbonyl (C=O) groups excluding carboxylic acids is 1. The number of carbonyl (C=O) groups is 1. The molecule has 1 aromatic rings. The Morgan fingerprint density at radius 2 is 1.97 bits per heavy atom. The number of likely N-dealkylation sites (tertiary alicyclic amines) is 1. The molecule has 8 nitrogen and oxygen atoms in total. The van der Waals surface area contributed by atoms with Gasteiger partial charge in [-0.2, -0.15) is 13.2 Å². The minimum atomic E-state index is -4.43. The van der Waals surface area contributed by atoms with Gasteiger partial charge in [0.2, 0.25) is 0 Å². The van der Waals surface area contributed by atoms with Crippen molar-refractivity contribution in [3.05, 3.63) is 23.8 Å². The quantitative estimate of drug-likeness (QED) is 0.302. The lowest BCUT2D eigenvalue weighted by atomic mass is 10.1. The summed E-state index contributed by atoms with van der Waals surface area (Å²) in [4.78, 5) is 17.6. The number of alkyl halides is 3. The third kappa shape index (κ3) is 9.27. The van der Waals surface area contributed by atoms with Crippen molar-refractivity contribution in [1.82, 2.24) is 10.2 Å². The van der Waals surface area contributed by atoms with Crippen molar-refractivity contribution in [3.63, 3.8) is 0 Å². The lowest BCUT2D eigenvalue weighted by Crippen LogP contribution is -2.48. The van der Waals surface area contributed by atoms with Gasteiger partial charge in [-0.3, -0.25) is 0 Å². The summed E-state index contributed by atoms with van der Waals surface area (Å²) >= 11 is 0. The van der Waals surface area contributed by atoms with E-state index >= 15 is 0 Å². The Labute approximate surface area is 196 Å². The van der Waals surface area contributed by atoms with Gasteiger partial charge in [0.1, 0.15) is 0 Å². The average molecular weight is 560 g/mol. The molecule has 3 N–H and O–H groups in total. The number of nitrogens with two attached hydrogens (primary N) is 1. The zero-order chi connectivity index (χ0) is 22.1. The van der Waals surface area contributed by atoms with Crippen LogP contribution >= 0.6 is 24.0 Å². The monoisotopic (exact) mass is 560 g/mol. The number of nitrogens with zero attached hydrogens (tertiary/aromatic N) is 2. The molecule has 1 amide bonds. The van der Waals surface area contributed by atoms with Gasteiger partial charge in [0.05, 0.1) is 20.3 Å². The van der Waals surface area contributed by atoms with Crippen LogP contribution in [0.4, 0.5) is 18.0 Å². The zero-order valence-electron chi connectivity index (χ0n) is 17.4. The highest BCUT2D eigenvalue weighted by molar-refractivity contribution is 14.0. The number of rotatable bonds is 7. The Kier molecular flexibility index (Phi) is 11.0. The molecule has 0 unspecified atom stereocenters. The number of guanidine groups is 1. The highest BCUT2D eigenvalue weighted by atomic mass is 127. The summed E-state index contributed by atoms with van der Waals surface area (Å²) in [5.41, 5.74) is 6.65. The fourth-order valence-electron chi connectivity index (χ4n) is 2.94. The number of halogens is 4. The molecule has 31 heavy (non-hydrogen) atoms. The molecule has 1 aliphatic heterocycles. The van der Waals surface area contributed by atoms with Crippen molar-refractivity contribution < 1.29 is 32.2 Å². The molecule has 2 rings (SSSR count). The third-order valence-electron chi connectivity index (χ3n) is 4.42. The maximum absolute atomic E-state index is 12.3. The van der Waals surface area contributed by atoms with E-state index in [-0.39, 0.29) is 60.1 Å². The van der Waals surface area contributed by atoms with Gasteiger partial charge >= 0.3 is 12.3 Å². The van der Waals surface area contributed by atoms with Gasteiger partial charge in [0.15, 0.2) is 24.1 Å². The lowest BCUT2D eigenvalue weighted by molar-refractivity contribution is -0.153. The van der Waals surface area contributed by atoms with Crippen molar-refractivity contribution in [3.8, 4) is 11.5 Å². The number of methoxy groups -OCH3 is 1. The third-order valence-corrected chi connectivity index (χ3v) is 4.42. The minimum absolute atomic E-state index is 0. The van der Waals surface area contributed by atoms with Gasteiger partial charge < -0.3 is 30.2 Å². The normalized spacial score (nSPS) is 15.1. The highest BCUT2D eigenvalue weighted by Gasteiger charge is 2.29. The standard InChI is InChI=1S/C19H27F3N4O4.HI/c1-3-29-18(27)26-8-6-14(7-9-26)25-17(23)24-11-13-4-5-15(16(10-13)28-2)30-12-19(20,21)22;/h4-5,10,14H,3,6-9,11-12H2,1-2H3,(H3,23,24,25);1H. The van der Waals surface area contributed by atoms with E-state index in [1.807, 2.05) is 0 Å². The van der Waals surface area contributed by atoms with Crippen molar-refractivity contribution in [2.75, 3.05) is 33.4 Å². The average Bonchev–Trinajstić information content (AvgIpc) is 2.71. The van der Waals surface area contributed by atoms with E-state index in [4.69, 9.17) is 19.9 Å². The van der Waals surface area contributed by atoms with Gasteiger partial charge in [-0.1, -0.05) is 6.07 Å². The van der Waals surface area contributed by atoms with Gasteiger partial charge in [0.25, 0.3) is 0 Å². The van der Waals surface area contributed by atoms with Crippen LogP contribution in [0, 0.1) is 0 Å². The molecule has 1 aromatic carbocycles. The summed E-state index contributed by atoms with van der Waals surface area (Å²) in [5.74, 6) is 0.438. The molecule has 0 radical (unpaired) electrons. The highest BCUT2D eigenvalue weighted by Crippen LogP contribution is 2.30. The van der Waals surface area contributed by atoms with Gasteiger partial charge in [-0.25, -0.2) is 9.79 Å².